The van der Waals surface area contributed by atoms with E-state index in [0.717, 1.165) is 4.57 Å². The topological polar surface area (TPSA) is 50.1 Å². The summed E-state index contributed by atoms with van der Waals surface area (Å²) in [4.78, 5) is 3.89. The Morgan fingerprint density at radius 3 is 2.71 bits per heavy atom. The molecule has 98 valence electrons. The lowest BCUT2D eigenvalue weighted by Gasteiger charge is -2.21. The lowest BCUT2D eigenvalue weighted by atomic mass is 10.0. The number of nitrogens with one attached hydrogen (secondary N) is 1. The number of imidazole rings is 1. The molecule has 1 aromatic rings. The second-order valence-electron chi connectivity index (χ2n) is 4.27. The third kappa shape index (κ3) is 4.05. The number of aliphatic hydroxyl groups excluding tert-OH is 1. The summed E-state index contributed by atoms with van der Waals surface area (Å²) < 4.78 is 25.9. The average molecular weight is 247 g/mol. The highest BCUT2D eigenvalue weighted by Gasteiger charge is 2.15. The summed E-state index contributed by atoms with van der Waals surface area (Å²) in [6, 6.07) is 0.0998. The van der Waals surface area contributed by atoms with E-state index in [1.807, 2.05) is 13.8 Å². The molecular weight excluding hydrogens is 228 g/mol. The van der Waals surface area contributed by atoms with Crippen LogP contribution >= 0.6 is 0 Å². The van der Waals surface area contributed by atoms with Gasteiger partial charge in [0.2, 0.25) is 0 Å². The Kier molecular flexibility index (Phi) is 5.50. The van der Waals surface area contributed by atoms with E-state index in [9.17, 15) is 8.78 Å². The molecular formula is C11H19F2N3O. The van der Waals surface area contributed by atoms with Crippen molar-refractivity contribution in [2.75, 3.05) is 6.61 Å². The molecule has 0 fully saturated rings. The van der Waals surface area contributed by atoms with E-state index in [4.69, 9.17) is 5.11 Å². The zero-order chi connectivity index (χ0) is 12.8. The largest absolute Gasteiger partial charge is 0.396 e. The van der Waals surface area contributed by atoms with Crippen molar-refractivity contribution in [2.24, 2.45) is 5.92 Å². The van der Waals surface area contributed by atoms with E-state index in [2.05, 4.69) is 10.3 Å². The van der Waals surface area contributed by atoms with Gasteiger partial charge in [-0.25, -0.2) is 4.98 Å². The molecule has 0 amide bonds. The van der Waals surface area contributed by atoms with Gasteiger partial charge in [-0.3, -0.25) is 4.57 Å². The molecule has 0 aliphatic heterocycles. The first-order valence-electron chi connectivity index (χ1n) is 5.70. The molecule has 0 saturated heterocycles. The van der Waals surface area contributed by atoms with Crippen LogP contribution < -0.4 is 5.32 Å². The van der Waals surface area contributed by atoms with Crippen molar-refractivity contribution >= 4 is 0 Å². The molecule has 1 aromatic heterocycles. The van der Waals surface area contributed by atoms with Gasteiger partial charge in [0, 0.05) is 25.0 Å². The molecule has 6 heteroatoms. The Bertz CT molecular complexity index is 328. The second-order valence-corrected chi connectivity index (χ2v) is 4.27. The maximum absolute atomic E-state index is 12.5. The fraction of sp³-hybridized carbons (Fsp3) is 0.727. The Labute approximate surface area is 99.7 Å². The molecule has 0 radical (unpaired) electrons. The Morgan fingerprint density at radius 2 is 2.18 bits per heavy atom. The first-order chi connectivity index (χ1) is 8.06. The van der Waals surface area contributed by atoms with Gasteiger partial charge in [0.1, 0.15) is 5.82 Å². The molecule has 1 heterocycles. The highest BCUT2D eigenvalue weighted by molar-refractivity contribution is 4.93. The van der Waals surface area contributed by atoms with Crippen molar-refractivity contribution in [1.29, 1.82) is 0 Å². The lowest BCUT2D eigenvalue weighted by Crippen LogP contribution is -2.35. The minimum Gasteiger partial charge on any atom is -0.396 e. The smallest absolute Gasteiger partial charge is 0.319 e. The Balaban J connectivity index is 2.56. The van der Waals surface area contributed by atoms with E-state index >= 15 is 0 Å². The van der Waals surface area contributed by atoms with E-state index in [1.165, 1.54) is 12.4 Å². The van der Waals surface area contributed by atoms with Crippen molar-refractivity contribution in [2.45, 2.75) is 39.4 Å². The lowest BCUT2D eigenvalue weighted by molar-refractivity contribution is 0.0662. The van der Waals surface area contributed by atoms with Crippen LogP contribution in [0.15, 0.2) is 12.4 Å². The molecule has 4 nitrogen and oxygen atoms in total. The van der Waals surface area contributed by atoms with Crippen LogP contribution in [0.1, 0.15) is 32.6 Å². The van der Waals surface area contributed by atoms with E-state index < -0.39 is 6.55 Å². The van der Waals surface area contributed by atoms with Gasteiger partial charge >= 0.3 is 6.55 Å². The molecule has 0 saturated carbocycles. The molecule has 17 heavy (non-hydrogen) atoms. The number of hydrogen-bond acceptors (Lipinski definition) is 3. The molecule has 1 atom stereocenters. The summed E-state index contributed by atoms with van der Waals surface area (Å²) in [6.07, 6.45) is 3.23. The number of hydrogen-bond donors (Lipinski definition) is 2. The van der Waals surface area contributed by atoms with Gasteiger partial charge in [-0.05, 0) is 12.3 Å². The van der Waals surface area contributed by atoms with Crippen LogP contribution in [-0.4, -0.2) is 27.3 Å². The quantitative estimate of drug-likeness (QED) is 0.772. The van der Waals surface area contributed by atoms with Crippen molar-refractivity contribution < 1.29 is 13.9 Å². The van der Waals surface area contributed by atoms with Crippen LogP contribution in [0.3, 0.4) is 0 Å². The second kappa shape index (κ2) is 6.66. The Hall–Kier alpha value is -1.01. The maximum atomic E-state index is 12.5. The van der Waals surface area contributed by atoms with Crippen LogP contribution in [0, 0.1) is 5.92 Å². The number of halogens is 2. The van der Waals surface area contributed by atoms with Gasteiger partial charge in [0.15, 0.2) is 0 Å². The summed E-state index contributed by atoms with van der Waals surface area (Å²) in [6.45, 7) is 1.84. The summed E-state index contributed by atoms with van der Waals surface area (Å²) in [5.74, 6) is 0.640. The number of rotatable bonds is 7. The predicted octanol–water partition coefficient (Wildman–Crippen LogP) is 1.77. The zero-order valence-corrected chi connectivity index (χ0v) is 10.1. The number of aliphatic hydroxyl groups is 1. The van der Waals surface area contributed by atoms with Crippen molar-refractivity contribution in [1.82, 2.24) is 14.9 Å². The van der Waals surface area contributed by atoms with Gasteiger partial charge < -0.3 is 10.4 Å². The summed E-state index contributed by atoms with van der Waals surface area (Å²) >= 11 is 0. The minimum absolute atomic E-state index is 0.0825. The van der Waals surface area contributed by atoms with Gasteiger partial charge in [0.05, 0.1) is 6.54 Å². The molecule has 0 bridgehead atoms. The predicted molar refractivity (Wildman–Crippen MR) is 60.6 cm³/mol. The third-order valence-electron chi connectivity index (χ3n) is 2.73. The molecule has 1 unspecified atom stereocenters. The maximum Gasteiger partial charge on any atom is 0.319 e. The zero-order valence-electron chi connectivity index (χ0n) is 10.1. The SMILES string of the molecule is CC(C)C(CCO)NCc1nccn1C(F)F. The number of aromatic nitrogens is 2. The van der Waals surface area contributed by atoms with Gasteiger partial charge in [-0.15, -0.1) is 0 Å². The number of nitrogens with zero attached hydrogens (tertiary/aromatic N) is 2. The Morgan fingerprint density at radius 1 is 1.47 bits per heavy atom. The fourth-order valence-corrected chi connectivity index (χ4v) is 1.69. The summed E-state index contributed by atoms with van der Waals surface area (Å²) in [5, 5.41) is 12.0. The fourth-order valence-electron chi connectivity index (χ4n) is 1.69. The average Bonchev–Trinajstić information content (AvgIpc) is 2.71. The third-order valence-corrected chi connectivity index (χ3v) is 2.73. The van der Waals surface area contributed by atoms with Crippen LogP contribution in [0.5, 0.6) is 0 Å². The highest BCUT2D eigenvalue weighted by atomic mass is 19.3. The molecule has 0 aromatic carbocycles. The van der Waals surface area contributed by atoms with Crippen LogP contribution in [-0.2, 0) is 6.54 Å². The van der Waals surface area contributed by atoms with Gasteiger partial charge in [-0.2, -0.15) is 8.78 Å². The highest BCUT2D eigenvalue weighted by Crippen LogP contribution is 2.13. The van der Waals surface area contributed by atoms with Gasteiger partial charge in [0.25, 0.3) is 0 Å². The van der Waals surface area contributed by atoms with Crippen molar-refractivity contribution in [3.63, 3.8) is 0 Å². The first kappa shape index (κ1) is 14.1. The van der Waals surface area contributed by atoms with Crippen molar-refractivity contribution in [3.8, 4) is 0 Å². The summed E-state index contributed by atoms with van der Waals surface area (Å²) in [5.41, 5.74) is 0. The van der Waals surface area contributed by atoms with Gasteiger partial charge in [-0.1, -0.05) is 13.8 Å². The normalized spacial score (nSPS) is 13.6. The van der Waals surface area contributed by atoms with Crippen LogP contribution in [0.2, 0.25) is 0 Å². The van der Waals surface area contributed by atoms with E-state index in [1.54, 1.807) is 0 Å². The molecule has 0 aliphatic carbocycles. The molecule has 0 aliphatic rings. The summed E-state index contributed by atoms with van der Waals surface area (Å²) in [7, 11) is 0. The molecule has 0 spiro atoms. The monoisotopic (exact) mass is 247 g/mol. The molecule has 1 rings (SSSR count). The van der Waals surface area contributed by atoms with E-state index in [0.29, 0.717) is 18.2 Å². The minimum atomic E-state index is -2.57. The number of alkyl halides is 2. The first-order valence-corrected chi connectivity index (χ1v) is 5.70. The van der Waals surface area contributed by atoms with Crippen LogP contribution in [0.25, 0.3) is 0 Å². The van der Waals surface area contributed by atoms with E-state index in [-0.39, 0.29) is 19.2 Å². The van der Waals surface area contributed by atoms with Crippen LogP contribution in [0.4, 0.5) is 8.78 Å². The molecule has 2 N–H and O–H groups in total. The van der Waals surface area contributed by atoms with Crippen molar-refractivity contribution in [3.05, 3.63) is 18.2 Å². The standard InChI is InChI=1S/C11H19F2N3O/c1-8(2)9(3-6-17)15-7-10-14-4-5-16(10)11(12)13/h4-5,8-9,11,15,17H,3,6-7H2,1-2H3.